The molecule has 1 heterocycles. The number of carbonyl (C=O) groups is 1. The summed E-state index contributed by atoms with van der Waals surface area (Å²) < 4.78 is 4.88. The van der Waals surface area contributed by atoms with E-state index in [9.17, 15) is 4.79 Å². The quantitative estimate of drug-likeness (QED) is 0.722. The van der Waals surface area contributed by atoms with Crippen molar-refractivity contribution in [2.45, 2.75) is 39.2 Å². The number of ether oxygens (including phenoxy) is 1. The van der Waals surface area contributed by atoms with E-state index in [1.54, 1.807) is 0 Å². The van der Waals surface area contributed by atoms with Crippen molar-refractivity contribution >= 4 is 11.9 Å². The summed E-state index contributed by atoms with van der Waals surface area (Å²) in [5.74, 6) is -0.712. The molecule has 0 saturated heterocycles. The molecule has 0 bridgehead atoms. The van der Waals surface area contributed by atoms with Crippen molar-refractivity contribution in [1.29, 1.82) is 0 Å². The second-order valence-corrected chi connectivity index (χ2v) is 4.05. The van der Waals surface area contributed by atoms with E-state index in [0.29, 0.717) is 13.0 Å². The highest BCUT2D eigenvalue weighted by Gasteiger charge is 2.18. The molecule has 0 aliphatic rings. The van der Waals surface area contributed by atoms with E-state index in [1.807, 2.05) is 13.8 Å². The molecule has 7 nitrogen and oxygen atoms in total. The van der Waals surface area contributed by atoms with Gasteiger partial charge in [0.2, 0.25) is 5.95 Å². The van der Waals surface area contributed by atoms with Crippen LogP contribution in [0.2, 0.25) is 0 Å². The third kappa shape index (κ3) is 4.44. The normalized spacial score (nSPS) is 12.2. The summed E-state index contributed by atoms with van der Waals surface area (Å²) in [6.07, 6.45) is 1.84. The second-order valence-electron chi connectivity index (χ2n) is 4.05. The number of anilines is 1. The number of hydrogen-bond acceptors (Lipinski definition) is 6. The number of aryl methyl sites for hydroxylation is 2. The lowest BCUT2D eigenvalue weighted by atomic mass is 10.2. The van der Waals surface area contributed by atoms with E-state index in [-0.39, 0.29) is 5.95 Å². The van der Waals surface area contributed by atoms with E-state index in [1.165, 1.54) is 7.11 Å². The molecule has 0 fully saturated rings. The van der Waals surface area contributed by atoms with Crippen LogP contribution in [0.4, 0.5) is 5.95 Å². The van der Waals surface area contributed by atoms with Gasteiger partial charge in [0.15, 0.2) is 0 Å². The van der Waals surface area contributed by atoms with Gasteiger partial charge in [-0.15, -0.1) is 5.10 Å². The third-order valence-electron chi connectivity index (χ3n) is 2.72. The van der Waals surface area contributed by atoms with Crippen LogP contribution in [0.1, 0.15) is 31.7 Å². The minimum atomic E-state index is -0.960. The molecule has 0 amide bonds. The molecule has 0 spiro atoms. The van der Waals surface area contributed by atoms with Crippen LogP contribution in [0.3, 0.4) is 0 Å². The lowest BCUT2D eigenvalue weighted by Crippen LogP contribution is -2.31. The molecule has 7 heteroatoms. The first-order valence-corrected chi connectivity index (χ1v) is 6.33. The van der Waals surface area contributed by atoms with Gasteiger partial charge in [-0.3, -0.25) is 0 Å². The van der Waals surface area contributed by atoms with Gasteiger partial charge in [0.1, 0.15) is 6.04 Å². The largest absolute Gasteiger partial charge is 0.480 e. The van der Waals surface area contributed by atoms with Crippen LogP contribution in [0, 0.1) is 0 Å². The van der Waals surface area contributed by atoms with E-state index in [0.717, 1.165) is 24.2 Å². The Hall–Kier alpha value is -1.76. The highest BCUT2D eigenvalue weighted by molar-refractivity contribution is 5.76. The molecule has 0 aliphatic carbocycles. The molecule has 0 aromatic carbocycles. The first kappa shape index (κ1) is 15.3. The molecule has 1 aromatic heterocycles. The van der Waals surface area contributed by atoms with Crippen LogP contribution >= 0.6 is 0 Å². The fourth-order valence-electron chi connectivity index (χ4n) is 1.65. The molecular formula is C12H20N4O3. The zero-order valence-corrected chi connectivity index (χ0v) is 11.5. The Bertz CT molecular complexity index is 425. The summed E-state index contributed by atoms with van der Waals surface area (Å²) >= 11 is 0. The Morgan fingerprint density at radius 1 is 1.32 bits per heavy atom. The summed E-state index contributed by atoms with van der Waals surface area (Å²) in [5.41, 5.74) is 1.69. The standard InChI is InChI=1S/C12H20N4O3/c1-4-8-9(5-2)15-16-12(13-8)14-10(11(17)18)6-7-19-3/h10H,4-7H2,1-3H3,(H,17,18)(H,13,14,16). The molecule has 2 N–H and O–H groups in total. The van der Waals surface area contributed by atoms with Crippen molar-refractivity contribution in [3.8, 4) is 0 Å². The summed E-state index contributed by atoms with van der Waals surface area (Å²) in [6.45, 7) is 4.31. The SMILES string of the molecule is CCc1nnc(NC(CCOC)C(=O)O)nc1CC. The molecule has 0 saturated carbocycles. The van der Waals surface area contributed by atoms with Crippen LogP contribution in [-0.4, -0.2) is 46.0 Å². The lowest BCUT2D eigenvalue weighted by molar-refractivity contribution is -0.138. The number of hydrogen-bond donors (Lipinski definition) is 2. The Morgan fingerprint density at radius 2 is 2.00 bits per heavy atom. The van der Waals surface area contributed by atoms with Crippen molar-refractivity contribution in [2.75, 3.05) is 19.0 Å². The molecule has 1 atom stereocenters. The van der Waals surface area contributed by atoms with Gasteiger partial charge < -0.3 is 15.2 Å². The Labute approximate surface area is 112 Å². The fourth-order valence-corrected chi connectivity index (χ4v) is 1.65. The monoisotopic (exact) mass is 268 g/mol. The van der Waals surface area contributed by atoms with E-state index < -0.39 is 12.0 Å². The summed E-state index contributed by atoms with van der Waals surface area (Å²) in [7, 11) is 1.53. The van der Waals surface area contributed by atoms with E-state index in [4.69, 9.17) is 9.84 Å². The lowest BCUT2D eigenvalue weighted by Gasteiger charge is -2.14. The highest BCUT2D eigenvalue weighted by atomic mass is 16.5. The number of nitrogens with one attached hydrogen (secondary N) is 1. The molecule has 19 heavy (non-hydrogen) atoms. The Kier molecular flexibility index (Phi) is 6.14. The van der Waals surface area contributed by atoms with Gasteiger partial charge in [0.25, 0.3) is 0 Å². The fraction of sp³-hybridized carbons (Fsp3) is 0.667. The predicted molar refractivity (Wildman–Crippen MR) is 70.1 cm³/mol. The second kappa shape index (κ2) is 7.63. The number of carboxylic acid groups (broad SMARTS) is 1. The Balaban J connectivity index is 2.81. The Morgan fingerprint density at radius 3 is 2.53 bits per heavy atom. The summed E-state index contributed by atoms with van der Waals surface area (Å²) in [6, 6.07) is -0.779. The van der Waals surface area contributed by atoms with Crippen LogP contribution in [0.25, 0.3) is 0 Å². The minimum Gasteiger partial charge on any atom is -0.480 e. The number of nitrogens with zero attached hydrogens (tertiary/aromatic N) is 3. The third-order valence-corrected chi connectivity index (χ3v) is 2.72. The molecule has 0 aliphatic heterocycles. The predicted octanol–water partition coefficient (Wildman–Crippen LogP) is 0.898. The molecule has 106 valence electrons. The zero-order chi connectivity index (χ0) is 14.3. The van der Waals surface area contributed by atoms with Gasteiger partial charge in [-0.25, -0.2) is 9.78 Å². The topological polar surface area (TPSA) is 97.2 Å². The van der Waals surface area contributed by atoms with Crippen molar-refractivity contribution in [3.05, 3.63) is 11.4 Å². The van der Waals surface area contributed by atoms with E-state index >= 15 is 0 Å². The van der Waals surface area contributed by atoms with Gasteiger partial charge in [-0.2, -0.15) is 5.10 Å². The average molecular weight is 268 g/mol. The van der Waals surface area contributed by atoms with Gasteiger partial charge in [-0.1, -0.05) is 13.8 Å². The maximum atomic E-state index is 11.1. The number of carboxylic acids is 1. The van der Waals surface area contributed by atoms with Crippen LogP contribution in [0.5, 0.6) is 0 Å². The number of rotatable bonds is 8. The highest BCUT2D eigenvalue weighted by Crippen LogP contribution is 2.09. The number of aromatic nitrogens is 3. The molecule has 1 unspecified atom stereocenters. The first-order valence-electron chi connectivity index (χ1n) is 6.33. The van der Waals surface area contributed by atoms with Crippen LogP contribution in [-0.2, 0) is 22.4 Å². The molecule has 1 aromatic rings. The maximum Gasteiger partial charge on any atom is 0.326 e. The zero-order valence-electron chi connectivity index (χ0n) is 11.5. The number of methoxy groups -OCH3 is 1. The summed E-state index contributed by atoms with van der Waals surface area (Å²) in [4.78, 5) is 15.4. The molecular weight excluding hydrogens is 248 g/mol. The molecule has 1 rings (SSSR count). The number of aliphatic carboxylic acids is 1. The van der Waals surface area contributed by atoms with Gasteiger partial charge in [-0.05, 0) is 12.8 Å². The minimum absolute atomic E-state index is 0.248. The van der Waals surface area contributed by atoms with Crippen molar-refractivity contribution in [2.24, 2.45) is 0 Å². The average Bonchev–Trinajstić information content (AvgIpc) is 2.42. The first-order chi connectivity index (χ1) is 9.12. The van der Waals surface area contributed by atoms with Gasteiger partial charge in [0, 0.05) is 20.1 Å². The van der Waals surface area contributed by atoms with Crippen LogP contribution < -0.4 is 5.32 Å². The van der Waals surface area contributed by atoms with Crippen molar-refractivity contribution in [3.63, 3.8) is 0 Å². The van der Waals surface area contributed by atoms with E-state index in [2.05, 4.69) is 20.5 Å². The van der Waals surface area contributed by atoms with Crippen molar-refractivity contribution in [1.82, 2.24) is 15.2 Å². The summed E-state index contributed by atoms with van der Waals surface area (Å²) in [5, 5.41) is 19.8. The van der Waals surface area contributed by atoms with Crippen LogP contribution in [0.15, 0.2) is 0 Å². The smallest absolute Gasteiger partial charge is 0.326 e. The van der Waals surface area contributed by atoms with Gasteiger partial charge in [0.05, 0.1) is 11.4 Å². The maximum absolute atomic E-state index is 11.1. The van der Waals surface area contributed by atoms with Crippen molar-refractivity contribution < 1.29 is 14.6 Å². The van der Waals surface area contributed by atoms with Gasteiger partial charge >= 0.3 is 5.97 Å². The molecule has 0 radical (unpaired) electrons.